The fourth-order valence-electron chi connectivity index (χ4n) is 1.99. The standard InChI is InChI=1S/C16H15FO2S/c1-19-14-8-5-6-11(16(14)17)10-13(18)12-7-3-4-9-15(12)20-2/h3-9H,10H2,1-2H3. The van der Waals surface area contributed by atoms with Crippen molar-refractivity contribution < 1.29 is 13.9 Å². The lowest BCUT2D eigenvalue weighted by Crippen LogP contribution is -2.07. The molecule has 0 spiro atoms. The Morgan fingerprint density at radius 1 is 1.20 bits per heavy atom. The van der Waals surface area contributed by atoms with Gasteiger partial charge >= 0.3 is 0 Å². The summed E-state index contributed by atoms with van der Waals surface area (Å²) in [6.07, 6.45) is 1.94. The fraction of sp³-hybridized carbons (Fsp3) is 0.188. The Labute approximate surface area is 122 Å². The second-order valence-corrected chi connectivity index (χ2v) is 5.08. The molecule has 2 rings (SSSR count). The number of hydrogen-bond donors (Lipinski definition) is 0. The number of benzene rings is 2. The summed E-state index contributed by atoms with van der Waals surface area (Å²) in [5, 5.41) is 0. The van der Waals surface area contributed by atoms with Crippen LogP contribution in [-0.2, 0) is 6.42 Å². The van der Waals surface area contributed by atoms with Gasteiger partial charge in [0, 0.05) is 16.9 Å². The predicted octanol–water partition coefficient (Wildman–Crippen LogP) is 3.98. The summed E-state index contributed by atoms with van der Waals surface area (Å²) in [5.41, 5.74) is 0.979. The number of carbonyl (C=O) groups is 1. The maximum absolute atomic E-state index is 14.0. The van der Waals surface area contributed by atoms with Gasteiger partial charge in [0.05, 0.1) is 7.11 Å². The molecule has 2 aromatic rings. The number of thioether (sulfide) groups is 1. The molecule has 0 amide bonds. The number of hydrogen-bond acceptors (Lipinski definition) is 3. The van der Waals surface area contributed by atoms with Crippen molar-refractivity contribution in [1.29, 1.82) is 0 Å². The molecular formula is C16H15FO2S. The molecule has 4 heteroatoms. The molecule has 0 bridgehead atoms. The molecule has 0 saturated heterocycles. The molecule has 2 nitrogen and oxygen atoms in total. The Bertz CT molecular complexity index is 626. The number of ether oxygens (including phenoxy) is 1. The first-order valence-corrected chi connectivity index (χ1v) is 7.37. The average molecular weight is 290 g/mol. The van der Waals surface area contributed by atoms with E-state index < -0.39 is 5.82 Å². The fourth-order valence-corrected chi connectivity index (χ4v) is 2.61. The van der Waals surface area contributed by atoms with E-state index in [1.54, 1.807) is 24.3 Å². The van der Waals surface area contributed by atoms with Gasteiger partial charge in [-0.2, -0.15) is 0 Å². The Hall–Kier alpha value is -1.81. The Balaban J connectivity index is 2.28. The highest BCUT2D eigenvalue weighted by atomic mass is 32.2. The van der Waals surface area contributed by atoms with Crippen molar-refractivity contribution in [3.63, 3.8) is 0 Å². The van der Waals surface area contributed by atoms with Gasteiger partial charge < -0.3 is 4.74 Å². The molecule has 0 saturated carbocycles. The molecule has 0 aliphatic heterocycles. The monoisotopic (exact) mass is 290 g/mol. The molecule has 0 aliphatic carbocycles. The van der Waals surface area contributed by atoms with E-state index in [9.17, 15) is 9.18 Å². The van der Waals surface area contributed by atoms with Crippen molar-refractivity contribution in [2.45, 2.75) is 11.3 Å². The van der Waals surface area contributed by atoms with Crippen LogP contribution in [0, 0.1) is 5.82 Å². The van der Waals surface area contributed by atoms with Gasteiger partial charge in [-0.3, -0.25) is 4.79 Å². The minimum atomic E-state index is -0.468. The molecule has 0 N–H and O–H groups in total. The maximum atomic E-state index is 14.0. The van der Waals surface area contributed by atoms with Crippen LogP contribution >= 0.6 is 11.8 Å². The molecule has 0 heterocycles. The Morgan fingerprint density at radius 2 is 1.95 bits per heavy atom. The van der Waals surface area contributed by atoms with Gasteiger partial charge in [-0.15, -0.1) is 11.8 Å². The summed E-state index contributed by atoms with van der Waals surface area (Å²) in [6.45, 7) is 0. The first-order valence-electron chi connectivity index (χ1n) is 6.15. The van der Waals surface area contributed by atoms with Crippen LogP contribution in [0.25, 0.3) is 0 Å². The van der Waals surface area contributed by atoms with Crippen molar-refractivity contribution in [1.82, 2.24) is 0 Å². The second kappa shape index (κ2) is 6.57. The van der Waals surface area contributed by atoms with E-state index in [0.29, 0.717) is 11.1 Å². The molecule has 0 fully saturated rings. The van der Waals surface area contributed by atoms with Gasteiger partial charge in [0.2, 0.25) is 0 Å². The van der Waals surface area contributed by atoms with Crippen LogP contribution in [0.15, 0.2) is 47.4 Å². The number of halogens is 1. The van der Waals surface area contributed by atoms with Gasteiger partial charge in [0.15, 0.2) is 17.3 Å². The molecule has 20 heavy (non-hydrogen) atoms. The van der Waals surface area contributed by atoms with Crippen molar-refractivity contribution in [2.75, 3.05) is 13.4 Å². The number of carbonyl (C=O) groups excluding carboxylic acids is 1. The van der Waals surface area contributed by atoms with Gasteiger partial charge in [-0.25, -0.2) is 4.39 Å². The van der Waals surface area contributed by atoms with Crippen LogP contribution in [0.5, 0.6) is 5.75 Å². The smallest absolute Gasteiger partial charge is 0.168 e. The highest BCUT2D eigenvalue weighted by molar-refractivity contribution is 7.98. The zero-order valence-corrected chi connectivity index (χ0v) is 12.2. The topological polar surface area (TPSA) is 26.3 Å². The zero-order valence-electron chi connectivity index (χ0n) is 11.4. The van der Waals surface area contributed by atoms with E-state index in [4.69, 9.17) is 4.74 Å². The minimum Gasteiger partial charge on any atom is -0.494 e. The van der Waals surface area contributed by atoms with Gasteiger partial charge in [0.25, 0.3) is 0 Å². The second-order valence-electron chi connectivity index (χ2n) is 4.23. The van der Waals surface area contributed by atoms with E-state index in [2.05, 4.69) is 0 Å². The summed E-state index contributed by atoms with van der Waals surface area (Å²) in [4.78, 5) is 13.2. The summed E-state index contributed by atoms with van der Waals surface area (Å²) < 4.78 is 19.0. The quantitative estimate of drug-likeness (QED) is 0.615. The lowest BCUT2D eigenvalue weighted by Gasteiger charge is -2.09. The highest BCUT2D eigenvalue weighted by Gasteiger charge is 2.15. The number of ketones is 1. The van der Waals surface area contributed by atoms with E-state index in [1.165, 1.54) is 18.9 Å². The van der Waals surface area contributed by atoms with Crippen molar-refractivity contribution >= 4 is 17.5 Å². The van der Waals surface area contributed by atoms with Crippen molar-refractivity contribution in [3.05, 3.63) is 59.4 Å². The third-order valence-corrected chi connectivity index (χ3v) is 3.82. The Kier molecular flexibility index (Phi) is 4.79. The van der Waals surface area contributed by atoms with Crippen LogP contribution < -0.4 is 4.74 Å². The number of Topliss-reactive ketones (excluding diaryl/α,β-unsaturated/α-hetero) is 1. The molecule has 0 unspecified atom stereocenters. The summed E-state index contributed by atoms with van der Waals surface area (Å²) >= 11 is 1.51. The first-order chi connectivity index (χ1) is 9.67. The van der Waals surface area contributed by atoms with E-state index >= 15 is 0 Å². The Morgan fingerprint density at radius 3 is 2.65 bits per heavy atom. The van der Waals surface area contributed by atoms with Crippen LogP contribution in [0.4, 0.5) is 4.39 Å². The van der Waals surface area contributed by atoms with Crippen LogP contribution in [0.3, 0.4) is 0 Å². The maximum Gasteiger partial charge on any atom is 0.168 e. The summed E-state index contributed by atoms with van der Waals surface area (Å²) in [6, 6.07) is 12.2. The van der Waals surface area contributed by atoms with Gasteiger partial charge in [-0.1, -0.05) is 30.3 Å². The normalized spacial score (nSPS) is 10.3. The van der Waals surface area contributed by atoms with Crippen molar-refractivity contribution in [3.8, 4) is 5.75 Å². The molecule has 104 valence electrons. The van der Waals surface area contributed by atoms with Gasteiger partial charge in [-0.05, 0) is 24.0 Å². The van der Waals surface area contributed by atoms with Gasteiger partial charge in [0.1, 0.15) is 0 Å². The third-order valence-electron chi connectivity index (χ3n) is 3.02. The van der Waals surface area contributed by atoms with Crippen molar-refractivity contribution in [2.24, 2.45) is 0 Å². The summed E-state index contributed by atoms with van der Waals surface area (Å²) in [7, 11) is 1.41. The molecule has 0 radical (unpaired) electrons. The molecular weight excluding hydrogens is 275 g/mol. The lowest BCUT2D eigenvalue weighted by atomic mass is 10.0. The van der Waals surface area contributed by atoms with E-state index in [-0.39, 0.29) is 18.0 Å². The van der Waals surface area contributed by atoms with Crippen LogP contribution in [0.1, 0.15) is 15.9 Å². The molecule has 2 aromatic carbocycles. The van der Waals surface area contributed by atoms with Crippen LogP contribution in [0.2, 0.25) is 0 Å². The van der Waals surface area contributed by atoms with E-state index in [1.807, 2.05) is 24.5 Å². The lowest BCUT2D eigenvalue weighted by molar-refractivity contribution is 0.0989. The van der Waals surface area contributed by atoms with E-state index in [0.717, 1.165) is 4.90 Å². The zero-order chi connectivity index (χ0) is 14.5. The predicted molar refractivity (Wildman–Crippen MR) is 79.2 cm³/mol. The van der Waals surface area contributed by atoms with Crippen LogP contribution in [-0.4, -0.2) is 19.1 Å². The third kappa shape index (κ3) is 3.02. The molecule has 0 atom stereocenters. The number of methoxy groups -OCH3 is 1. The highest BCUT2D eigenvalue weighted by Crippen LogP contribution is 2.24. The molecule has 0 aliphatic rings. The average Bonchev–Trinajstić information content (AvgIpc) is 2.49. The largest absolute Gasteiger partial charge is 0.494 e. The first kappa shape index (κ1) is 14.6. The molecule has 0 aromatic heterocycles. The summed E-state index contributed by atoms with van der Waals surface area (Å²) in [5.74, 6) is -0.402. The number of rotatable bonds is 5. The SMILES string of the molecule is COc1cccc(CC(=O)c2ccccc2SC)c1F. The minimum absolute atomic E-state index is 0.0284.